The van der Waals surface area contributed by atoms with Crippen LogP contribution in [-0.2, 0) is 13.0 Å². The van der Waals surface area contributed by atoms with Gasteiger partial charge in [-0.05, 0) is 32.0 Å². The van der Waals surface area contributed by atoms with Crippen molar-refractivity contribution in [3.8, 4) is 10.6 Å². The van der Waals surface area contributed by atoms with E-state index in [2.05, 4.69) is 24.1 Å². The Morgan fingerprint density at radius 2 is 2.11 bits per heavy atom. The molecule has 0 atom stereocenters. The first-order chi connectivity index (χ1) is 9.15. The van der Waals surface area contributed by atoms with Gasteiger partial charge >= 0.3 is 0 Å². The quantitative estimate of drug-likeness (QED) is 0.896. The summed E-state index contributed by atoms with van der Waals surface area (Å²) >= 11 is 1.59. The number of nitrogens with one attached hydrogen (secondary N) is 1. The molecule has 1 aromatic carbocycles. The lowest BCUT2D eigenvalue weighted by Crippen LogP contribution is -2.11. The van der Waals surface area contributed by atoms with Gasteiger partial charge < -0.3 is 5.32 Å². The summed E-state index contributed by atoms with van der Waals surface area (Å²) in [6.07, 6.45) is 0.880. The SMILES string of the molecule is CCNCc1sc(-c2cc(C)ccc2F)nc1CC. The Labute approximate surface area is 117 Å². The van der Waals surface area contributed by atoms with Crippen LogP contribution in [0.5, 0.6) is 0 Å². The monoisotopic (exact) mass is 278 g/mol. The van der Waals surface area contributed by atoms with Crippen LogP contribution in [0.3, 0.4) is 0 Å². The molecule has 0 saturated heterocycles. The van der Waals surface area contributed by atoms with E-state index < -0.39 is 0 Å². The number of thiazole rings is 1. The van der Waals surface area contributed by atoms with Crippen LogP contribution in [0.4, 0.5) is 4.39 Å². The molecule has 0 aliphatic carbocycles. The summed E-state index contributed by atoms with van der Waals surface area (Å²) in [5, 5.41) is 4.09. The van der Waals surface area contributed by atoms with Crippen LogP contribution < -0.4 is 5.32 Å². The molecule has 102 valence electrons. The highest BCUT2D eigenvalue weighted by atomic mass is 32.1. The Hall–Kier alpha value is -1.26. The van der Waals surface area contributed by atoms with Crippen LogP contribution in [0.1, 0.15) is 30.0 Å². The fraction of sp³-hybridized carbons (Fsp3) is 0.400. The van der Waals surface area contributed by atoms with Gasteiger partial charge in [0.2, 0.25) is 0 Å². The molecule has 0 fully saturated rings. The Morgan fingerprint density at radius 1 is 1.32 bits per heavy atom. The summed E-state index contributed by atoms with van der Waals surface area (Å²) in [5.41, 5.74) is 2.74. The Balaban J connectivity index is 2.39. The number of rotatable bonds is 5. The minimum absolute atomic E-state index is 0.197. The lowest BCUT2D eigenvalue weighted by atomic mass is 10.1. The third-order valence-corrected chi connectivity index (χ3v) is 4.13. The molecule has 0 bridgehead atoms. The van der Waals surface area contributed by atoms with E-state index in [0.717, 1.165) is 35.8 Å². The van der Waals surface area contributed by atoms with E-state index in [9.17, 15) is 4.39 Å². The summed E-state index contributed by atoms with van der Waals surface area (Å²) in [6.45, 7) is 7.87. The van der Waals surface area contributed by atoms with Gasteiger partial charge in [-0.2, -0.15) is 0 Å². The number of hydrogen-bond donors (Lipinski definition) is 1. The first-order valence-corrected chi connectivity index (χ1v) is 7.43. The maximum atomic E-state index is 13.9. The second-order valence-electron chi connectivity index (χ2n) is 4.51. The highest BCUT2D eigenvalue weighted by Crippen LogP contribution is 2.30. The maximum absolute atomic E-state index is 13.9. The molecule has 1 aromatic heterocycles. The van der Waals surface area contributed by atoms with Crippen LogP contribution >= 0.6 is 11.3 Å². The molecular weight excluding hydrogens is 259 g/mol. The smallest absolute Gasteiger partial charge is 0.133 e. The average molecular weight is 278 g/mol. The Morgan fingerprint density at radius 3 is 2.79 bits per heavy atom. The number of aryl methyl sites for hydroxylation is 2. The number of benzene rings is 1. The Bertz CT molecular complexity index is 563. The summed E-state index contributed by atoms with van der Waals surface area (Å²) in [4.78, 5) is 5.80. The molecule has 19 heavy (non-hydrogen) atoms. The summed E-state index contributed by atoms with van der Waals surface area (Å²) in [5.74, 6) is -0.197. The van der Waals surface area contributed by atoms with Crippen LogP contribution in [0, 0.1) is 12.7 Å². The van der Waals surface area contributed by atoms with E-state index in [1.807, 2.05) is 13.0 Å². The molecule has 0 spiro atoms. The topological polar surface area (TPSA) is 24.9 Å². The predicted molar refractivity (Wildman–Crippen MR) is 79.0 cm³/mol. The van der Waals surface area contributed by atoms with Crippen molar-refractivity contribution in [2.45, 2.75) is 33.7 Å². The van der Waals surface area contributed by atoms with Crippen molar-refractivity contribution >= 4 is 11.3 Å². The zero-order valence-corrected chi connectivity index (χ0v) is 12.4. The van der Waals surface area contributed by atoms with Gasteiger partial charge in [-0.3, -0.25) is 0 Å². The molecule has 0 radical (unpaired) electrons. The van der Waals surface area contributed by atoms with Crippen molar-refractivity contribution in [1.29, 1.82) is 0 Å². The van der Waals surface area contributed by atoms with E-state index in [0.29, 0.717) is 5.56 Å². The van der Waals surface area contributed by atoms with Gasteiger partial charge in [0, 0.05) is 17.0 Å². The van der Waals surface area contributed by atoms with E-state index in [1.54, 1.807) is 17.4 Å². The largest absolute Gasteiger partial charge is 0.312 e. The van der Waals surface area contributed by atoms with Gasteiger partial charge in [-0.1, -0.05) is 25.5 Å². The van der Waals surface area contributed by atoms with Gasteiger partial charge in [0.25, 0.3) is 0 Å². The lowest BCUT2D eigenvalue weighted by molar-refractivity contribution is 0.630. The maximum Gasteiger partial charge on any atom is 0.133 e. The van der Waals surface area contributed by atoms with Crippen LogP contribution in [-0.4, -0.2) is 11.5 Å². The molecule has 1 N–H and O–H groups in total. The minimum Gasteiger partial charge on any atom is -0.312 e. The standard InChI is InChI=1S/C15H19FN2S/c1-4-13-14(9-17-5-2)19-15(18-13)11-8-10(3)6-7-12(11)16/h6-8,17H,4-5,9H2,1-3H3. The summed E-state index contributed by atoms with van der Waals surface area (Å²) < 4.78 is 13.9. The fourth-order valence-electron chi connectivity index (χ4n) is 1.95. The molecular formula is C15H19FN2S. The molecule has 0 aliphatic heterocycles. The van der Waals surface area contributed by atoms with Crippen molar-refractivity contribution in [2.75, 3.05) is 6.54 Å². The van der Waals surface area contributed by atoms with Crippen molar-refractivity contribution in [2.24, 2.45) is 0 Å². The first kappa shape index (κ1) is 14.2. The zero-order chi connectivity index (χ0) is 13.8. The van der Waals surface area contributed by atoms with Crippen LogP contribution in [0.25, 0.3) is 10.6 Å². The summed E-state index contributed by atoms with van der Waals surface area (Å²) in [6, 6.07) is 5.17. The van der Waals surface area contributed by atoms with E-state index in [-0.39, 0.29) is 5.82 Å². The molecule has 0 amide bonds. The van der Waals surface area contributed by atoms with Crippen molar-refractivity contribution in [3.05, 3.63) is 40.2 Å². The molecule has 2 nitrogen and oxygen atoms in total. The van der Waals surface area contributed by atoms with Crippen molar-refractivity contribution < 1.29 is 4.39 Å². The van der Waals surface area contributed by atoms with Crippen molar-refractivity contribution in [3.63, 3.8) is 0 Å². The van der Waals surface area contributed by atoms with Crippen LogP contribution in [0.2, 0.25) is 0 Å². The van der Waals surface area contributed by atoms with Crippen LogP contribution in [0.15, 0.2) is 18.2 Å². The number of nitrogens with zero attached hydrogens (tertiary/aromatic N) is 1. The van der Waals surface area contributed by atoms with E-state index >= 15 is 0 Å². The highest BCUT2D eigenvalue weighted by Gasteiger charge is 2.14. The highest BCUT2D eigenvalue weighted by molar-refractivity contribution is 7.15. The normalized spacial score (nSPS) is 10.9. The number of hydrogen-bond acceptors (Lipinski definition) is 3. The Kier molecular flexibility index (Phi) is 4.66. The average Bonchev–Trinajstić information content (AvgIpc) is 2.82. The zero-order valence-electron chi connectivity index (χ0n) is 11.6. The molecule has 0 unspecified atom stereocenters. The van der Waals surface area contributed by atoms with Gasteiger partial charge in [-0.25, -0.2) is 9.37 Å². The molecule has 4 heteroatoms. The lowest BCUT2D eigenvalue weighted by Gasteiger charge is -2.00. The predicted octanol–water partition coefficient (Wildman–Crippen LogP) is 3.93. The minimum atomic E-state index is -0.197. The molecule has 1 heterocycles. The molecule has 2 aromatic rings. The second kappa shape index (κ2) is 6.26. The van der Waals surface area contributed by atoms with Gasteiger partial charge in [0.15, 0.2) is 0 Å². The summed E-state index contributed by atoms with van der Waals surface area (Å²) in [7, 11) is 0. The molecule has 2 rings (SSSR count). The first-order valence-electron chi connectivity index (χ1n) is 6.61. The number of aromatic nitrogens is 1. The van der Waals surface area contributed by atoms with E-state index in [4.69, 9.17) is 0 Å². The van der Waals surface area contributed by atoms with E-state index in [1.165, 1.54) is 10.9 Å². The van der Waals surface area contributed by atoms with Gasteiger partial charge in [0.05, 0.1) is 5.69 Å². The van der Waals surface area contributed by atoms with Gasteiger partial charge in [0.1, 0.15) is 10.8 Å². The third kappa shape index (κ3) is 3.19. The second-order valence-corrected chi connectivity index (χ2v) is 5.59. The molecule has 0 saturated carbocycles. The number of halogens is 1. The molecule has 0 aliphatic rings. The fourth-order valence-corrected chi connectivity index (χ4v) is 3.09. The van der Waals surface area contributed by atoms with Gasteiger partial charge in [-0.15, -0.1) is 11.3 Å². The third-order valence-electron chi connectivity index (χ3n) is 3.00. The van der Waals surface area contributed by atoms with Crippen molar-refractivity contribution in [1.82, 2.24) is 10.3 Å².